The van der Waals surface area contributed by atoms with Gasteiger partial charge in [0.1, 0.15) is 16.8 Å². The molecule has 2 aliphatic heterocycles. The molecule has 3 aliphatic rings. The Morgan fingerprint density at radius 2 is 1.76 bits per heavy atom. The van der Waals surface area contributed by atoms with E-state index in [1.54, 1.807) is 0 Å². The van der Waals surface area contributed by atoms with E-state index in [1.807, 2.05) is 6.92 Å². The first-order chi connectivity index (χ1) is 19.9. The maximum atomic E-state index is 13.3. The zero-order valence-electron chi connectivity index (χ0n) is 22.0. The number of aromatic hydroxyl groups is 3. The number of aliphatic hydroxyl groups is 1. The Labute approximate surface area is 244 Å². The quantitative estimate of drug-likeness (QED) is 0.205. The molecule has 218 valence electrons. The molecule has 13 nitrogen and oxygen atoms in total. The number of hydrogen-bond acceptors (Lipinski definition) is 13. The molecule has 0 saturated carbocycles. The van der Waals surface area contributed by atoms with Crippen LogP contribution in [0.15, 0.2) is 31.5 Å². The van der Waals surface area contributed by atoms with E-state index in [0.29, 0.717) is 13.0 Å². The van der Waals surface area contributed by atoms with E-state index in [-0.39, 0.29) is 56.4 Å². The molecule has 0 amide bonds. The monoisotopic (exact) mass is 643 g/mol. The van der Waals surface area contributed by atoms with Crippen molar-refractivity contribution in [2.24, 2.45) is 0 Å². The van der Waals surface area contributed by atoms with Gasteiger partial charge in [-0.3, -0.25) is 9.59 Å². The van der Waals surface area contributed by atoms with Gasteiger partial charge < -0.3 is 44.4 Å². The second kappa shape index (κ2) is 9.49. The average Bonchev–Trinajstić information content (AvgIpc) is 3.32. The number of nitrogens with one attached hydrogen (secondary N) is 1. The Kier molecular flexibility index (Phi) is 6.24. The second-order valence-corrected chi connectivity index (χ2v) is 10.8. The number of rotatable bonds is 4. The summed E-state index contributed by atoms with van der Waals surface area (Å²) in [5, 5.41) is 47.1. The van der Waals surface area contributed by atoms with Crippen molar-refractivity contribution in [3.8, 4) is 28.7 Å². The predicted octanol–water partition coefficient (Wildman–Crippen LogP) is 2.83. The van der Waals surface area contributed by atoms with Gasteiger partial charge >= 0.3 is 11.6 Å². The van der Waals surface area contributed by atoms with Crippen LogP contribution < -0.4 is 20.4 Å². The molecule has 2 atom stereocenters. The third-order valence-electron chi connectivity index (χ3n) is 7.43. The van der Waals surface area contributed by atoms with Crippen molar-refractivity contribution in [2.75, 3.05) is 13.7 Å². The highest BCUT2D eigenvalue weighted by Crippen LogP contribution is 2.57. The highest BCUT2D eigenvalue weighted by molar-refractivity contribution is 9.12. The summed E-state index contributed by atoms with van der Waals surface area (Å²) in [6.45, 7) is 2.22. The number of carbonyl (C=O) groups is 3. The minimum absolute atomic E-state index is 0.0594. The number of esters is 1. The summed E-state index contributed by atoms with van der Waals surface area (Å²) in [5.74, 6) is -7.34. The van der Waals surface area contributed by atoms with E-state index in [2.05, 4.69) is 26.0 Å². The molecule has 0 fully saturated rings. The van der Waals surface area contributed by atoms with E-state index >= 15 is 0 Å². The summed E-state index contributed by atoms with van der Waals surface area (Å²) in [4.78, 5) is 51.1. The summed E-state index contributed by atoms with van der Waals surface area (Å²) in [6.07, 6.45) is -1.33. The van der Waals surface area contributed by atoms with Crippen LogP contribution in [0.1, 0.15) is 68.3 Å². The summed E-state index contributed by atoms with van der Waals surface area (Å²) >= 11 is 3.12. The van der Waals surface area contributed by atoms with Gasteiger partial charge in [0, 0.05) is 17.7 Å². The number of allylic oxidation sites excluding steroid dienone is 2. The number of Topliss-reactive ketones (excluding diaryl/α,β-unsaturated/α-hetero) is 2. The minimum atomic E-state index is -1.83. The number of aliphatic hydroxyl groups excluding tert-OH is 1. The van der Waals surface area contributed by atoms with E-state index < -0.39 is 69.2 Å². The van der Waals surface area contributed by atoms with Gasteiger partial charge in [0.05, 0.1) is 41.7 Å². The molecule has 42 heavy (non-hydrogen) atoms. The van der Waals surface area contributed by atoms with E-state index in [1.165, 1.54) is 12.1 Å². The first-order valence-corrected chi connectivity index (χ1v) is 13.5. The molecule has 3 heterocycles. The lowest BCUT2D eigenvalue weighted by Gasteiger charge is -2.37. The lowest BCUT2D eigenvalue weighted by Crippen LogP contribution is -2.45. The molecule has 0 saturated heterocycles. The summed E-state index contributed by atoms with van der Waals surface area (Å²) in [7, 11) is 1.10. The average molecular weight is 644 g/mol. The number of ketones is 2. The Balaban J connectivity index is 1.44. The largest absolute Gasteiger partial charge is 0.507 e. The van der Waals surface area contributed by atoms with Gasteiger partial charge in [-0.2, -0.15) is 0 Å². The zero-order chi connectivity index (χ0) is 30.2. The summed E-state index contributed by atoms with van der Waals surface area (Å²) < 4.78 is 21.4. The Bertz CT molecular complexity index is 1860. The van der Waals surface area contributed by atoms with Crippen LogP contribution in [0, 0.1) is 0 Å². The number of phenolic OH excluding ortho intramolecular Hbond substituents is 3. The van der Waals surface area contributed by atoms with Crippen LogP contribution in [-0.2, 0) is 11.2 Å². The van der Waals surface area contributed by atoms with Gasteiger partial charge in [0.25, 0.3) is 5.79 Å². The van der Waals surface area contributed by atoms with Gasteiger partial charge in [-0.25, -0.2) is 9.59 Å². The SMILES string of the molecule is CCCNC1=C(Br)C(=O)c2c(O)c3c(c(O)c2C1=O)OC1(C3)CC(O)c2cc3cc(C(=O)OC)oc(=O)c3c(O)c2O1. The maximum Gasteiger partial charge on any atom is 0.374 e. The molecular weight excluding hydrogens is 622 g/mol. The second-order valence-electron chi connectivity index (χ2n) is 10.0. The topological polar surface area (TPSA) is 202 Å². The van der Waals surface area contributed by atoms with Crippen LogP contribution in [0.5, 0.6) is 28.7 Å². The van der Waals surface area contributed by atoms with Crippen LogP contribution in [0.4, 0.5) is 0 Å². The first kappa shape index (κ1) is 27.6. The lowest BCUT2D eigenvalue weighted by atomic mass is 9.86. The van der Waals surface area contributed by atoms with Gasteiger partial charge in [0.15, 0.2) is 23.0 Å². The molecule has 1 spiro atoms. The van der Waals surface area contributed by atoms with Crippen molar-refractivity contribution in [2.45, 2.75) is 38.1 Å². The Morgan fingerprint density at radius 1 is 1.07 bits per heavy atom. The number of methoxy groups -OCH3 is 1. The van der Waals surface area contributed by atoms with E-state index in [4.69, 9.17) is 13.9 Å². The fourth-order valence-corrected chi connectivity index (χ4v) is 6.03. The molecule has 6 rings (SSSR count). The molecule has 2 unspecified atom stereocenters. The molecule has 3 aromatic rings. The minimum Gasteiger partial charge on any atom is -0.507 e. The van der Waals surface area contributed by atoms with E-state index in [0.717, 1.165) is 7.11 Å². The van der Waals surface area contributed by atoms with Gasteiger partial charge in [-0.15, -0.1) is 0 Å². The van der Waals surface area contributed by atoms with Crippen LogP contribution in [0.2, 0.25) is 0 Å². The number of fused-ring (bicyclic) bond motifs is 4. The van der Waals surface area contributed by atoms with Crippen LogP contribution in [0.25, 0.3) is 10.8 Å². The van der Waals surface area contributed by atoms with Crippen LogP contribution in [0.3, 0.4) is 0 Å². The first-order valence-electron chi connectivity index (χ1n) is 12.7. The van der Waals surface area contributed by atoms with Gasteiger partial charge in [-0.05, 0) is 39.9 Å². The number of halogens is 1. The van der Waals surface area contributed by atoms with Gasteiger partial charge in [-0.1, -0.05) is 6.92 Å². The van der Waals surface area contributed by atoms with Crippen molar-refractivity contribution in [1.29, 1.82) is 0 Å². The Morgan fingerprint density at radius 3 is 2.45 bits per heavy atom. The predicted molar refractivity (Wildman–Crippen MR) is 145 cm³/mol. The number of carbonyl (C=O) groups excluding carboxylic acids is 3. The zero-order valence-corrected chi connectivity index (χ0v) is 23.6. The fourth-order valence-electron chi connectivity index (χ4n) is 5.52. The fraction of sp³-hybridized carbons (Fsp3) is 0.286. The number of benzene rings is 2. The van der Waals surface area contributed by atoms with Crippen molar-refractivity contribution >= 4 is 44.2 Å². The summed E-state index contributed by atoms with van der Waals surface area (Å²) in [6, 6.07) is 2.51. The molecule has 5 N–H and O–H groups in total. The number of ether oxygens (including phenoxy) is 3. The molecule has 14 heteroatoms. The third-order valence-corrected chi connectivity index (χ3v) is 8.19. The van der Waals surface area contributed by atoms with E-state index in [9.17, 15) is 39.6 Å². The smallest absolute Gasteiger partial charge is 0.374 e. The highest BCUT2D eigenvalue weighted by Gasteiger charge is 2.52. The standard InChI is InChI=1S/C28H22BrNO12/c1-3-4-30-18-17(29)20(33)15-16(21(18)34)23(36)25-11(19(15)32)7-28(42-25)8-12(31)10-5-9-6-13(26(37)39-2)40-27(38)14(9)22(35)24(10)41-28/h5-6,12,30-32,35-36H,3-4,7-8H2,1-2H3. The highest BCUT2D eigenvalue weighted by atomic mass is 79.9. The third kappa shape index (κ3) is 3.78. The summed E-state index contributed by atoms with van der Waals surface area (Å²) in [5.41, 5.74) is -2.04. The molecular formula is C28H22BrNO12. The lowest BCUT2D eigenvalue weighted by molar-refractivity contribution is -0.139. The molecule has 1 aromatic heterocycles. The maximum absolute atomic E-state index is 13.3. The molecule has 0 radical (unpaired) electrons. The number of phenols is 3. The van der Waals surface area contributed by atoms with Gasteiger partial charge in [0.2, 0.25) is 17.3 Å². The Hall–Kier alpha value is -4.56. The van der Waals surface area contributed by atoms with Crippen molar-refractivity contribution in [3.63, 3.8) is 0 Å². The van der Waals surface area contributed by atoms with Crippen molar-refractivity contribution in [3.05, 3.63) is 60.7 Å². The number of hydrogen-bond donors (Lipinski definition) is 5. The van der Waals surface area contributed by atoms with Crippen molar-refractivity contribution in [1.82, 2.24) is 5.32 Å². The molecule has 2 aromatic carbocycles. The molecule has 1 aliphatic carbocycles. The molecule has 0 bridgehead atoms. The normalized spacial score (nSPS) is 20.6. The van der Waals surface area contributed by atoms with Crippen LogP contribution in [-0.4, -0.2) is 57.4 Å². The van der Waals surface area contributed by atoms with Crippen LogP contribution >= 0.6 is 15.9 Å². The van der Waals surface area contributed by atoms with Crippen molar-refractivity contribution < 1.29 is 53.4 Å².